The molecule has 0 aliphatic carbocycles. The van der Waals surface area contributed by atoms with Gasteiger partial charge in [0.2, 0.25) is 10.0 Å². The number of sulfonamides is 1. The van der Waals surface area contributed by atoms with Crippen molar-refractivity contribution in [1.82, 2.24) is 13.9 Å². The van der Waals surface area contributed by atoms with Crippen LogP contribution in [0.25, 0.3) is 6.08 Å². The highest BCUT2D eigenvalue weighted by atomic mass is 32.2. The van der Waals surface area contributed by atoms with Crippen LogP contribution in [0, 0.1) is 5.92 Å². The van der Waals surface area contributed by atoms with Crippen molar-refractivity contribution in [3.63, 3.8) is 0 Å². The van der Waals surface area contributed by atoms with Crippen LogP contribution < -0.4 is 10.5 Å². The van der Waals surface area contributed by atoms with Crippen LogP contribution in [0.1, 0.15) is 33.4 Å². The third-order valence-corrected chi connectivity index (χ3v) is 11.8. The second-order valence-electron chi connectivity index (χ2n) is 11.8. The summed E-state index contributed by atoms with van der Waals surface area (Å²) >= 11 is 0. The van der Waals surface area contributed by atoms with Crippen LogP contribution in [0.4, 0.5) is 5.82 Å². The summed E-state index contributed by atoms with van der Waals surface area (Å²) in [5.74, 6) is 0.903. The topological polar surface area (TPSA) is 94.0 Å². The molecule has 0 amide bonds. The van der Waals surface area contributed by atoms with E-state index in [1.807, 2.05) is 17.1 Å². The zero-order chi connectivity index (χ0) is 27.1. The van der Waals surface area contributed by atoms with Gasteiger partial charge in [-0.05, 0) is 23.1 Å². The second-order valence-corrected chi connectivity index (χ2v) is 21.9. The first-order valence-electron chi connectivity index (χ1n) is 12.7. The van der Waals surface area contributed by atoms with Gasteiger partial charge in [0.1, 0.15) is 6.73 Å². The summed E-state index contributed by atoms with van der Waals surface area (Å²) in [5, 5.41) is 0.230. The molecule has 1 fully saturated rings. The zero-order valence-corrected chi connectivity index (χ0v) is 26.6. The normalized spacial score (nSPS) is 16.8. The Morgan fingerprint density at radius 3 is 2.39 bits per heavy atom. The van der Waals surface area contributed by atoms with Crippen molar-refractivity contribution < 1.29 is 17.6 Å². The number of anilines is 1. The first kappa shape index (κ1) is 30.9. The molecule has 0 aromatic carbocycles. The van der Waals surface area contributed by atoms with E-state index in [1.54, 1.807) is 10.8 Å². The monoisotopic (exact) mass is 558 g/mol. The summed E-state index contributed by atoms with van der Waals surface area (Å²) in [4.78, 5) is 19.8. The van der Waals surface area contributed by atoms with Crippen LogP contribution in [-0.2, 0) is 25.9 Å². The molecular weight excluding hydrogens is 513 g/mol. The van der Waals surface area contributed by atoms with E-state index < -0.39 is 27.9 Å². The van der Waals surface area contributed by atoms with Gasteiger partial charge >= 0.3 is 0 Å². The Kier molecular flexibility index (Phi) is 11.1. The SMILES string of the molecule is CC(C)C(C)(C)[SiH2]OC/C=C/c1cn(COCC[Si](C)(C)C)c(=O)c(N2CCN(S(C)(=O)=O)CC2)n1. The van der Waals surface area contributed by atoms with Crippen LogP contribution in [0.2, 0.25) is 30.7 Å². The smallest absolute Gasteiger partial charge is 0.295 e. The predicted molar refractivity (Wildman–Crippen MR) is 154 cm³/mol. The maximum atomic E-state index is 13.3. The van der Waals surface area contributed by atoms with E-state index in [9.17, 15) is 13.2 Å². The lowest BCUT2D eigenvalue weighted by atomic mass is 9.99. The van der Waals surface area contributed by atoms with Gasteiger partial charge in [0.15, 0.2) is 15.6 Å². The molecule has 1 aromatic rings. The van der Waals surface area contributed by atoms with E-state index in [-0.39, 0.29) is 17.3 Å². The molecule has 1 aliphatic rings. The molecule has 36 heavy (non-hydrogen) atoms. The summed E-state index contributed by atoms with van der Waals surface area (Å²) < 4.78 is 38.6. The van der Waals surface area contributed by atoms with E-state index >= 15 is 0 Å². The van der Waals surface area contributed by atoms with Crippen molar-refractivity contribution >= 4 is 39.8 Å². The summed E-state index contributed by atoms with van der Waals surface area (Å²) in [6, 6.07) is 1.02. The number of piperazine rings is 1. The molecule has 0 unspecified atom stereocenters. The zero-order valence-electron chi connectivity index (χ0n) is 23.4. The summed E-state index contributed by atoms with van der Waals surface area (Å²) in [5.41, 5.74) is 0.424. The van der Waals surface area contributed by atoms with Gasteiger partial charge in [-0.3, -0.25) is 9.36 Å². The third kappa shape index (κ3) is 9.86. The van der Waals surface area contributed by atoms with E-state index in [0.29, 0.717) is 56.8 Å². The lowest BCUT2D eigenvalue weighted by Crippen LogP contribution is -2.50. The van der Waals surface area contributed by atoms with E-state index in [2.05, 4.69) is 52.3 Å². The highest BCUT2D eigenvalue weighted by Crippen LogP contribution is 2.32. The first-order valence-corrected chi connectivity index (χ1v) is 19.6. The molecule has 1 saturated heterocycles. The minimum Gasteiger partial charge on any atom is -0.420 e. The Bertz CT molecular complexity index is 1040. The van der Waals surface area contributed by atoms with Crippen molar-refractivity contribution in [2.45, 2.75) is 65.1 Å². The van der Waals surface area contributed by atoms with Crippen LogP contribution in [0.15, 0.2) is 17.1 Å². The molecule has 0 atom stereocenters. The average molecular weight is 559 g/mol. The molecule has 0 N–H and O–H groups in total. The quantitative estimate of drug-likeness (QED) is 0.271. The number of aromatic nitrogens is 2. The molecule has 9 nitrogen and oxygen atoms in total. The molecular formula is C24H46N4O5SSi2. The summed E-state index contributed by atoms with van der Waals surface area (Å²) in [6.45, 7) is 18.6. The van der Waals surface area contributed by atoms with E-state index in [1.165, 1.54) is 10.6 Å². The predicted octanol–water partition coefficient (Wildman–Crippen LogP) is 2.61. The minimum atomic E-state index is -3.25. The molecule has 1 aromatic heterocycles. The highest BCUT2D eigenvalue weighted by molar-refractivity contribution is 7.88. The standard InChI is InChI=1S/C24H46N4O5SSi2/c1-20(2)24(3,4)35-33-15-9-10-21-18-27(19-32-16-17-36(6,7)8)23(29)22(25-21)26-11-13-28(14-12-26)34(5,30)31/h9-10,18,20H,11-17,19,35H2,1-8H3/b10-9+. The second kappa shape index (κ2) is 13.0. The van der Waals surface area contributed by atoms with Gasteiger partial charge in [0, 0.05) is 47.1 Å². The Morgan fingerprint density at radius 1 is 1.19 bits per heavy atom. The molecule has 0 bridgehead atoms. The highest BCUT2D eigenvalue weighted by Gasteiger charge is 2.26. The molecule has 0 spiro atoms. The van der Waals surface area contributed by atoms with Gasteiger partial charge in [-0.25, -0.2) is 13.4 Å². The molecule has 0 radical (unpaired) electrons. The maximum absolute atomic E-state index is 13.3. The lowest BCUT2D eigenvalue weighted by molar-refractivity contribution is 0.0845. The Morgan fingerprint density at radius 2 is 1.83 bits per heavy atom. The van der Waals surface area contributed by atoms with Crippen LogP contribution in [0.5, 0.6) is 0 Å². The Labute approximate surface area is 220 Å². The Balaban J connectivity index is 2.17. The molecule has 206 valence electrons. The summed E-state index contributed by atoms with van der Waals surface area (Å²) in [7, 11) is -5.18. The molecule has 2 rings (SSSR count). The Hall–Kier alpha value is -1.32. The van der Waals surface area contributed by atoms with Gasteiger partial charge < -0.3 is 14.1 Å². The number of hydrogen-bond donors (Lipinski definition) is 0. The van der Waals surface area contributed by atoms with Crippen molar-refractivity contribution in [1.29, 1.82) is 0 Å². The van der Waals surface area contributed by atoms with Crippen molar-refractivity contribution in [2.75, 3.05) is 50.5 Å². The van der Waals surface area contributed by atoms with Gasteiger partial charge in [0.05, 0.1) is 18.6 Å². The van der Waals surface area contributed by atoms with Gasteiger partial charge in [-0.1, -0.05) is 53.4 Å². The van der Waals surface area contributed by atoms with E-state index in [0.717, 1.165) is 6.04 Å². The van der Waals surface area contributed by atoms with Crippen molar-refractivity contribution in [3.05, 3.63) is 28.3 Å². The van der Waals surface area contributed by atoms with Crippen LogP contribution in [0.3, 0.4) is 0 Å². The number of ether oxygens (including phenoxy) is 1. The molecule has 12 heteroatoms. The summed E-state index contributed by atoms with van der Waals surface area (Å²) in [6.07, 6.45) is 6.76. The molecule has 1 aliphatic heterocycles. The van der Waals surface area contributed by atoms with Gasteiger partial charge in [-0.2, -0.15) is 4.31 Å². The fourth-order valence-corrected chi connectivity index (χ4v) is 6.12. The first-order chi connectivity index (χ1) is 16.6. The van der Waals surface area contributed by atoms with Crippen molar-refractivity contribution in [2.24, 2.45) is 5.92 Å². The lowest BCUT2D eigenvalue weighted by Gasteiger charge is -2.33. The largest absolute Gasteiger partial charge is 0.420 e. The fraction of sp³-hybridized carbons (Fsp3) is 0.750. The molecule has 0 saturated carbocycles. The average Bonchev–Trinajstić information content (AvgIpc) is 2.76. The van der Waals surface area contributed by atoms with E-state index in [4.69, 9.17) is 9.16 Å². The van der Waals surface area contributed by atoms with Crippen molar-refractivity contribution in [3.8, 4) is 0 Å². The van der Waals surface area contributed by atoms with Gasteiger partial charge in [0.25, 0.3) is 5.56 Å². The maximum Gasteiger partial charge on any atom is 0.295 e. The van der Waals surface area contributed by atoms with Gasteiger partial charge in [-0.15, -0.1) is 0 Å². The minimum absolute atomic E-state index is 0.162. The van der Waals surface area contributed by atoms with Crippen LogP contribution >= 0.6 is 0 Å². The van der Waals surface area contributed by atoms with Crippen LogP contribution in [-0.4, -0.2) is 85.8 Å². The molecule has 2 heterocycles. The number of hydrogen-bond acceptors (Lipinski definition) is 7. The number of rotatable bonds is 13. The third-order valence-electron chi connectivity index (χ3n) is 6.75. The number of nitrogens with zero attached hydrogens (tertiary/aromatic N) is 4. The fourth-order valence-electron chi connectivity index (χ4n) is 3.43.